The third-order valence-electron chi connectivity index (χ3n) is 5.66. The van der Waals surface area contributed by atoms with Gasteiger partial charge in [-0.1, -0.05) is 36.4 Å². The standard InChI is InChI=1S/C26H25N3O3/c1-17-22(15-16-25(30)32-3)18(2)29(28-17)21-13-11-20(12-14-21)26(31)27-24-10-6-8-19-7-4-5-9-23(19)24/h4-14H,15-16H2,1-3H3,(H,27,31). The fourth-order valence-electron chi connectivity index (χ4n) is 3.90. The number of carbonyl (C=O) groups excluding carboxylic acids is 2. The zero-order chi connectivity index (χ0) is 22.7. The van der Waals surface area contributed by atoms with E-state index >= 15 is 0 Å². The summed E-state index contributed by atoms with van der Waals surface area (Å²) in [6.45, 7) is 3.91. The van der Waals surface area contributed by atoms with Gasteiger partial charge >= 0.3 is 5.97 Å². The zero-order valence-corrected chi connectivity index (χ0v) is 18.4. The summed E-state index contributed by atoms with van der Waals surface area (Å²) in [5, 5.41) is 9.72. The Labute approximate surface area is 186 Å². The quantitative estimate of drug-likeness (QED) is 0.440. The van der Waals surface area contributed by atoms with Gasteiger partial charge in [-0.3, -0.25) is 9.59 Å². The molecule has 3 aromatic carbocycles. The Morgan fingerprint density at radius 3 is 2.44 bits per heavy atom. The lowest BCUT2D eigenvalue weighted by atomic mass is 10.1. The van der Waals surface area contributed by atoms with E-state index in [1.54, 1.807) is 12.1 Å². The molecule has 6 nitrogen and oxygen atoms in total. The van der Waals surface area contributed by atoms with Crippen molar-refractivity contribution < 1.29 is 14.3 Å². The van der Waals surface area contributed by atoms with Crippen molar-refractivity contribution in [3.63, 3.8) is 0 Å². The molecule has 0 aliphatic carbocycles. The van der Waals surface area contributed by atoms with Gasteiger partial charge < -0.3 is 10.1 Å². The van der Waals surface area contributed by atoms with Gasteiger partial charge in [0.25, 0.3) is 5.91 Å². The second-order valence-corrected chi connectivity index (χ2v) is 7.67. The Bertz CT molecular complexity index is 1280. The van der Waals surface area contributed by atoms with Gasteiger partial charge in [-0.05, 0) is 61.5 Å². The van der Waals surface area contributed by atoms with Crippen molar-refractivity contribution >= 4 is 28.3 Å². The Kier molecular flexibility index (Phi) is 6.03. The normalized spacial score (nSPS) is 10.8. The average Bonchev–Trinajstić information content (AvgIpc) is 3.10. The van der Waals surface area contributed by atoms with Crippen LogP contribution in [0.25, 0.3) is 16.5 Å². The first-order valence-electron chi connectivity index (χ1n) is 10.5. The fraction of sp³-hybridized carbons (Fsp3) is 0.192. The number of methoxy groups -OCH3 is 1. The summed E-state index contributed by atoms with van der Waals surface area (Å²) < 4.78 is 6.58. The maximum absolute atomic E-state index is 12.8. The lowest BCUT2D eigenvalue weighted by Gasteiger charge is -2.10. The van der Waals surface area contributed by atoms with Crippen molar-refractivity contribution in [3.05, 3.63) is 89.2 Å². The SMILES string of the molecule is COC(=O)CCc1c(C)nn(-c2ccc(C(=O)Nc3cccc4ccccc34)cc2)c1C. The number of aryl methyl sites for hydroxylation is 1. The molecule has 0 aliphatic heterocycles. The molecule has 0 radical (unpaired) electrons. The van der Waals surface area contributed by atoms with Crippen LogP contribution in [0.5, 0.6) is 0 Å². The van der Waals surface area contributed by atoms with Crippen LogP contribution < -0.4 is 5.32 Å². The summed E-state index contributed by atoms with van der Waals surface area (Å²) in [4.78, 5) is 24.3. The van der Waals surface area contributed by atoms with E-state index in [1.807, 2.05) is 73.1 Å². The number of aromatic nitrogens is 2. The summed E-state index contributed by atoms with van der Waals surface area (Å²) in [7, 11) is 1.39. The summed E-state index contributed by atoms with van der Waals surface area (Å²) >= 11 is 0. The molecule has 0 fully saturated rings. The number of amides is 1. The van der Waals surface area contributed by atoms with Gasteiger partial charge in [0.05, 0.1) is 18.5 Å². The second-order valence-electron chi connectivity index (χ2n) is 7.67. The first kappa shape index (κ1) is 21.3. The molecule has 0 saturated carbocycles. The van der Waals surface area contributed by atoms with E-state index in [0.717, 1.165) is 39.1 Å². The van der Waals surface area contributed by atoms with Crippen LogP contribution in [0.3, 0.4) is 0 Å². The van der Waals surface area contributed by atoms with Gasteiger partial charge in [-0.15, -0.1) is 0 Å². The minimum absolute atomic E-state index is 0.167. The number of anilines is 1. The Hall–Kier alpha value is -3.93. The number of nitrogens with zero attached hydrogens (tertiary/aromatic N) is 2. The number of hydrogen-bond acceptors (Lipinski definition) is 4. The molecule has 1 heterocycles. The molecule has 1 aromatic heterocycles. The first-order valence-corrected chi connectivity index (χ1v) is 10.5. The van der Waals surface area contributed by atoms with Crippen molar-refractivity contribution in [1.29, 1.82) is 0 Å². The highest BCUT2D eigenvalue weighted by Gasteiger charge is 2.15. The highest BCUT2D eigenvalue weighted by Crippen LogP contribution is 2.24. The molecule has 0 aliphatic rings. The molecule has 32 heavy (non-hydrogen) atoms. The molecule has 4 aromatic rings. The Balaban J connectivity index is 1.53. The minimum Gasteiger partial charge on any atom is -0.469 e. The number of hydrogen-bond donors (Lipinski definition) is 1. The number of ether oxygens (including phenoxy) is 1. The molecule has 1 amide bonds. The molecule has 6 heteroatoms. The molecule has 1 N–H and O–H groups in total. The van der Waals surface area contributed by atoms with E-state index in [4.69, 9.17) is 4.74 Å². The van der Waals surface area contributed by atoms with E-state index in [2.05, 4.69) is 10.4 Å². The molecule has 0 unspecified atom stereocenters. The number of rotatable bonds is 6. The molecular weight excluding hydrogens is 402 g/mol. The molecule has 0 bridgehead atoms. The maximum atomic E-state index is 12.8. The number of carbonyl (C=O) groups is 2. The van der Waals surface area contributed by atoms with Crippen LogP contribution >= 0.6 is 0 Å². The summed E-state index contributed by atoms with van der Waals surface area (Å²) in [5.74, 6) is -0.404. The van der Waals surface area contributed by atoms with Gasteiger partial charge in [0, 0.05) is 28.8 Å². The van der Waals surface area contributed by atoms with Gasteiger partial charge in [-0.2, -0.15) is 5.10 Å². The van der Waals surface area contributed by atoms with Gasteiger partial charge in [0.1, 0.15) is 0 Å². The lowest BCUT2D eigenvalue weighted by molar-refractivity contribution is -0.140. The van der Waals surface area contributed by atoms with Crippen LogP contribution in [0.15, 0.2) is 66.7 Å². The third-order valence-corrected chi connectivity index (χ3v) is 5.66. The summed E-state index contributed by atoms with van der Waals surface area (Å²) in [6.07, 6.45) is 0.896. The largest absolute Gasteiger partial charge is 0.469 e. The molecule has 4 rings (SSSR count). The molecule has 0 atom stereocenters. The average molecular weight is 428 g/mol. The predicted molar refractivity (Wildman–Crippen MR) is 125 cm³/mol. The van der Waals surface area contributed by atoms with E-state index in [9.17, 15) is 9.59 Å². The van der Waals surface area contributed by atoms with Crippen molar-refractivity contribution in [2.24, 2.45) is 0 Å². The maximum Gasteiger partial charge on any atom is 0.305 e. The van der Waals surface area contributed by atoms with Crippen molar-refractivity contribution in [1.82, 2.24) is 9.78 Å². The zero-order valence-electron chi connectivity index (χ0n) is 18.4. The van der Waals surface area contributed by atoms with Crippen LogP contribution in [-0.2, 0) is 16.0 Å². The minimum atomic E-state index is -0.238. The van der Waals surface area contributed by atoms with Crippen molar-refractivity contribution in [2.75, 3.05) is 12.4 Å². The van der Waals surface area contributed by atoms with E-state index in [1.165, 1.54) is 7.11 Å². The van der Waals surface area contributed by atoms with E-state index < -0.39 is 0 Å². The van der Waals surface area contributed by atoms with E-state index in [-0.39, 0.29) is 11.9 Å². The van der Waals surface area contributed by atoms with Crippen molar-refractivity contribution in [2.45, 2.75) is 26.7 Å². The molecule has 0 saturated heterocycles. The highest BCUT2D eigenvalue weighted by atomic mass is 16.5. The Morgan fingerprint density at radius 2 is 1.69 bits per heavy atom. The van der Waals surface area contributed by atoms with Crippen LogP contribution in [0.2, 0.25) is 0 Å². The monoisotopic (exact) mass is 427 g/mol. The second kappa shape index (κ2) is 9.06. The van der Waals surface area contributed by atoms with Crippen molar-refractivity contribution in [3.8, 4) is 5.69 Å². The first-order chi connectivity index (χ1) is 15.5. The topological polar surface area (TPSA) is 73.2 Å². The number of fused-ring (bicyclic) bond motifs is 1. The molecular formula is C26H25N3O3. The third kappa shape index (κ3) is 4.25. The lowest BCUT2D eigenvalue weighted by Crippen LogP contribution is -2.12. The smallest absolute Gasteiger partial charge is 0.305 e. The number of nitrogens with one attached hydrogen (secondary N) is 1. The number of benzene rings is 3. The Morgan fingerprint density at radius 1 is 0.969 bits per heavy atom. The molecule has 162 valence electrons. The van der Waals surface area contributed by atoms with Gasteiger partial charge in [0.15, 0.2) is 0 Å². The van der Waals surface area contributed by atoms with Crippen LogP contribution in [0.1, 0.15) is 33.7 Å². The number of esters is 1. The van der Waals surface area contributed by atoms with Crippen LogP contribution in [-0.4, -0.2) is 28.8 Å². The van der Waals surface area contributed by atoms with Crippen LogP contribution in [0.4, 0.5) is 5.69 Å². The van der Waals surface area contributed by atoms with Crippen LogP contribution in [0, 0.1) is 13.8 Å². The predicted octanol–water partition coefficient (Wildman–Crippen LogP) is 5.00. The van der Waals surface area contributed by atoms with Gasteiger partial charge in [-0.25, -0.2) is 4.68 Å². The van der Waals surface area contributed by atoms with E-state index in [0.29, 0.717) is 18.4 Å². The summed E-state index contributed by atoms with van der Waals surface area (Å²) in [6, 6.07) is 21.1. The van der Waals surface area contributed by atoms with Gasteiger partial charge in [0.2, 0.25) is 0 Å². The summed E-state index contributed by atoms with van der Waals surface area (Å²) in [5.41, 5.74) is 5.09. The molecule has 0 spiro atoms. The fourth-order valence-corrected chi connectivity index (χ4v) is 3.90. The highest BCUT2D eigenvalue weighted by molar-refractivity contribution is 6.09.